The maximum Gasteiger partial charge on any atom is 0.315 e. The van der Waals surface area contributed by atoms with E-state index in [0.717, 1.165) is 6.07 Å². The van der Waals surface area contributed by atoms with Crippen molar-refractivity contribution in [2.45, 2.75) is 20.0 Å². The van der Waals surface area contributed by atoms with E-state index in [4.69, 9.17) is 4.74 Å². The van der Waals surface area contributed by atoms with Crippen LogP contribution in [0.25, 0.3) is 0 Å². The van der Waals surface area contributed by atoms with Gasteiger partial charge in [0.1, 0.15) is 0 Å². The van der Waals surface area contributed by atoms with Gasteiger partial charge >= 0.3 is 5.69 Å². The lowest BCUT2D eigenvalue weighted by molar-refractivity contribution is -0.386. The summed E-state index contributed by atoms with van der Waals surface area (Å²) in [5.41, 5.74) is -0.144. The molecule has 0 aliphatic rings. The molecule has 0 aliphatic heterocycles. The van der Waals surface area contributed by atoms with E-state index in [2.05, 4.69) is 0 Å². The summed E-state index contributed by atoms with van der Waals surface area (Å²) in [6.45, 7) is 3.44. The molecule has 1 unspecified atom stereocenters. The van der Waals surface area contributed by atoms with Gasteiger partial charge in [0.25, 0.3) is 0 Å². The van der Waals surface area contributed by atoms with Crippen LogP contribution in [0.5, 0.6) is 11.5 Å². The summed E-state index contributed by atoms with van der Waals surface area (Å²) in [5.74, 6) is -0.510. The van der Waals surface area contributed by atoms with Gasteiger partial charge < -0.3 is 14.9 Å². The summed E-state index contributed by atoms with van der Waals surface area (Å²) < 4.78 is 5.05. The van der Waals surface area contributed by atoms with Crippen molar-refractivity contribution >= 4 is 5.69 Å². The Bertz CT molecular complexity index is 402. The molecule has 0 fully saturated rings. The fourth-order valence-corrected chi connectivity index (χ4v) is 1.26. The minimum absolute atomic E-state index is 0.00704. The predicted molar refractivity (Wildman–Crippen MR) is 56.6 cm³/mol. The number of phenolic OH excluding ortho intramolecular Hbond substituents is 1. The molecule has 2 N–H and O–H groups in total. The van der Waals surface area contributed by atoms with Gasteiger partial charge in [-0.05, 0) is 25.5 Å². The molecule has 6 heteroatoms. The summed E-state index contributed by atoms with van der Waals surface area (Å²) >= 11 is 0. The second kappa shape index (κ2) is 4.80. The van der Waals surface area contributed by atoms with E-state index >= 15 is 0 Å². The molecule has 0 radical (unpaired) electrons. The molecule has 1 aromatic carbocycles. The quantitative estimate of drug-likeness (QED) is 0.603. The molecule has 0 aromatic heterocycles. The Morgan fingerprint density at radius 2 is 2.19 bits per heavy atom. The number of aliphatic hydroxyl groups excluding tert-OH is 1. The van der Waals surface area contributed by atoms with Crippen molar-refractivity contribution in [1.29, 1.82) is 0 Å². The standard InChI is InChI=1S/C10H13NO5/c1-3-16-9-5-7(6(2)12)4-8(10(9)13)11(14)15/h4-6,12-13H,3H2,1-2H3. The summed E-state index contributed by atoms with van der Waals surface area (Å²) in [4.78, 5) is 9.94. The minimum Gasteiger partial charge on any atom is -0.500 e. The molecule has 0 aliphatic carbocycles. The highest BCUT2D eigenvalue weighted by Crippen LogP contribution is 2.38. The third-order valence-corrected chi connectivity index (χ3v) is 2.06. The van der Waals surface area contributed by atoms with Crippen molar-refractivity contribution in [3.8, 4) is 11.5 Å². The fraction of sp³-hybridized carbons (Fsp3) is 0.400. The zero-order valence-electron chi connectivity index (χ0n) is 9.01. The smallest absolute Gasteiger partial charge is 0.315 e. The molecule has 0 bridgehead atoms. The first-order chi connectivity index (χ1) is 7.47. The van der Waals surface area contributed by atoms with Gasteiger partial charge in [-0.25, -0.2) is 0 Å². The van der Waals surface area contributed by atoms with Crippen molar-refractivity contribution in [1.82, 2.24) is 0 Å². The largest absolute Gasteiger partial charge is 0.500 e. The van der Waals surface area contributed by atoms with E-state index in [1.54, 1.807) is 6.92 Å². The summed E-state index contributed by atoms with van der Waals surface area (Å²) in [5, 5.41) is 29.6. The number of hydrogen-bond acceptors (Lipinski definition) is 5. The molecule has 1 rings (SSSR count). The summed E-state index contributed by atoms with van der Waals surface area (Å²) in [6, 6.07) is 2.51. The molecule has 0 saturated carbocycles. The van der Waals surface area contributed by atoms with Gasteiger partial charge in [-0.1, -0.05) is 0 Å². The SMILES string of the molecule is CCOc1cc(C(C)O)cc([N+](=O)[O-])c1O. The number of nitro groups is 1. The highest BCUT2D eigenvalue weighted by Gasteiger charge is 2.21. The van der Waals surface area contributed by atoms with Crippen LogP contribution in [-0.4, -0.2) is 21.7 Å². The summed E-state index contributed by atoms with van der Waals surface area (Å²) in [7, 11) is 0. The topological polar surface area (TPSA) is 92.8 Å². The van der Waals surface area contributed by atoms with Gasteiger partial charge in [-0.15, -0.1) is 0 Å². The van der Waals surface area contributed by atoms with Gasteiger partial charge in [-0.2, -0.15) is 0 Å². The van der Waals surface area contributed by atoms with Crippen LogP contribution in [0.3, 0.4) is 0 Å². The Kier molecular flexibility index (Phi) is 3.68. The van der Waals surface area contributed by atoms with E-state index in [9.17, 15) is 20.3 Å². The van der Waals surface area contributed by atoms with Crippen LogP contribution >= 0.6 is 0 Å². The molecule has 16 heavy (non-hydrogen) atoms. The lowest BCUT2D eigenvalue weighted by Crippen LogP contribution is -1.99. The molecule has 6 nitrogen and oxygen atoms in total. The van der Waals surface area contributed by atoms with Crippen molar-refractivity contribution in [3.05, 3.63) is 27.8 Å². The Labute approximate surface area is 92.2 Å². The average Bonchev–Trinajstić information content (AvgIpc) is 2.20. The van der Waals surface area contributed by atoms with Gasteiger partial charge in [0, 0.05) is 6.07 Å². The molecule has 0 amide bonds. The van der Waals surface area contributed by atoms with Crippen LogP contribution in [0.15, 0.2) is 12.1 Å². The maximum atomic E-state index is 10.7. The Hall–Kier alpha value is -1.82. The minimum atomic E-state index is -0.862. The highest BCUT2D eigenvalue weighted by atomic mass is 16.6. The second-order valence-corrected chi connectivity index (χ2v) is 3.25. The Morgan fingerprint density at radius 3 is 2.62 bits per heavy atom. The van der Waals surface area contributed by atoms with Crippen LogP contribution < -0.4 is 4.74 Å². The predicted octanol–water partition coefficient (Wildman–Crippen LogP) is 1.75. The first-order valence-electron chi connectivity index (χ1n) is 4.79. The van der Waals surface area contributed by atoms with E-state index in [1.807, 2.05) is 0 Å². The van der Waals surface area contributed by atoms with E-state index in [1.165, 1.54) is 13.0 Å². The number of nitro benzene ring substituents is 1. The van der Waals surface area contributed by atoms with E-state index in [0.29, 0.717) is 5.56 Å². The van der Waals surface area contributed by atoms with Gasteiger partial charge in [0.05, 0.1) is 17.6 Å². The number of hydrogen-bond donors (Lipinski definition) is 2. The number of aliphatic hydroxyl groups is 1. The molecule has 1 aromatic rings. The van der Waals surface area contributed by atoms with Crippen LogP contribution in [0.1, 0.15) is 25.5 Å². The first-order valence-corrected chi connectivity index (χ1v) is 4.79. The normalized spacial score (nSPS) is 12.2. The van der Waals surface area contributed by atoms with Crippen LogP contribution in [0, 0.1) is 10.1 Å². The molecule has 0 saturated heterocycles. The lowest BCUT2D eigenvalue weighted by Gasteiger charge is -2.10. The number of nitrogens with zero attached hydrogens (tertiary/aromatic N) is 1. The zero-order valence-corrected chi connectivity index (χ0v) is 9.01. The second-order valence-electron chi connectivity index (χ2n) is 3.25. The van der Waals surface area contributed by atoms with Gasteiger partial charge in [-0.3, -0.25) is 10.1 Å². The number of phenols is 1. The van der Waals surface area contributed by atoms with Gasteiger partial charge in [0.2, 0.25) is 5.75 Å². The lowest BCUT2D eigenvalue weighted by atomic mass is 10.1. The monoisotopic (exact) mass is 227 g/mol. The number of ether oxygens (including phenoxy) is 1. The van der Waals surface area contributed by atoms with Gasteiger partial charge in [0.15, 0.2) is 5.75 Å². The van der Waals surface area contributed by atoms with Crippen molar-refractivity contribution in [2.24, 2.45) is 0 Å². The zero-order chi connectivity index (χ0) is 12.3. The number of rotatable bonds is 4. The van der Waals surface area contributed by atoms with E-state index in [-0.39, 0.29) is 12.4 Å². The molecular weight excluding hydrogens is 214 g/mol. The molecule has 0 spiro atoms. The third kappa shape index (κ3) is 2.40. The van der Waals surface area contributed by atoms with Crippen LogP contribution in [-0.2, 0) is 0 Å². The fourth-order valence-electron chi connectivity index (χ4n) is 1.26. The van der Waals surface area contributed by atoms with Crippen LogP contribution in [0.4, 0.5) is 5.69 Å². The highest BCUT2D eigenvalue weighted by molar-refractivity contribution is 5.57. The van der Waals surface area contributed by atoms with Crippen molar-refractivity contribution in [3.63, 3.8) is 0 Å². The van der Waals surface area contributed by atoms with E-state index < -0.39 is 22.5 Å². The van der Waals surface area contributed by atoms with Crippen LogP contribution in [0.2, 0.25) is 0 Å². The third-order valence-electron chi connectivity index (χ3n) is 2.06. The molecule has 88 valence electrons. The number of benzene rings is 1. The van der Waals surface area contributed by atoms with Crippen molar-refractivity contribution in [2.75, 3.05) is 6.61 Å². The maximum absolute atomic E-state index is 10.7. The Morgan fingerprint density at radius 1 is 1.56 bits per heavy atom. The van der Waals surface area contributed by atoms with Crippen molar-refractivity contribution < 1.29 is 19.9 Å². The Balaban J connectivity index is 3.32. The first kappa shape index (κ1) is 12.3. The molecule has 1 atom stereocenters. The molecular formula is C10H13NO5. The average molecular weight is 227 g/mol. The number of aromatic hydroxyl groups is 1. The molecule has 0 heterocycles. The summed E-state index contributed by atoms with van der Waals surface area (Å²) in [6.07, 6.45) is -0.862.